The summed E-state index contributed by atoms with van der Waals surface area (Å²) in [6.45, 7) is 5.77. The van der Waals surface area contributed by atoms with E-state index in [0.717, 1.165) is 19.4 Å². The van der Waals surface area contributed by atoms with Gasteiger partial charge in [-0.05, 0) is 18.1 Å². The number of hydrogen-bond acceptors (Lipinski definition) is 2. The van der Waals surface area contributed by atoms with Crippen LogP contribution in [-0.2, 0) is 13.6 Å². The van der Waals surface area contributed by atoms with Crippen LogP contribution in [0.25, 0.3) is 0 Å². The molecule has 0 aliphatic heterocycles. The van der Waals surface area contributed by atoms with Crippen molar-refractivity contribution >= 4 is 0 Å². The summed E-state index contributed by atoms with van der Waals surface area (Å²) in [4.78, 5) is 0. The van der Waals surface area contributed by atoms with Gasteiger partial charge in [-0.1, -0.05) is 26.7 Å². The predicted octanol–water partition coefficient (Wildman–Crippen LogP) is 1.91. The van der Waals surface area contributed by atoms with E-state index < -0.39 is 0 Å². The Labute approximate surface area is 98.5 Å². The molecule has 3 heteroatoms. The van der Waals surface area contributed by atoms with Gasteiger partial charge in [0.25, 0.3) is 0 Å². The molecule has 0 aromatic carbocycles. The number of nitrogens with zero attached hydrogens (tertiary/aromatic N) is 1. The maximum atomic E-state index is 9.94. The van der Waals surface area contributed by atoms with E-state index in [1.807, 2.05) is 19.3 Å². The Morgan fingerprint density at radius 1 is 1.38 bits per heavy atom. The standard InChI is InChI=1S/C13H24N2O/c1-4-11(5-2)13(16)10-14-9-12-7-6-8-15(12)3/h6-8,11,13-14,16H,4-5,9-10H2,1-3H3. The van der Waals surface area contributed by atoms with E-state index in [0.29, 0.717) is 12.5 Å². The molecule has 1 unspecified atom stereocenters. The van der Waals surface area contributed by atoms with Crippen LogP contribution in [0, 0.1) is 5.92 Å². The van der Waals surface area contributed by atoms with E-state index in [4.69, 9.17) is 0 Å². The first kappa shape index (κ1) is 13.3. The van der Waals surface area contributed by atoms with Crippen molar-refractivity contribution in [3.8, 4) is 0 Å². The lowest BCUT2D eigenvalue weighted by Gasteiger charge is -2.20. The van der Waals surface area contributed by atoms with Gasteiger partial charge in [0.1, 0.15) is 0 Å². The van der Waals surface area contributed by atoms with Crippen LogP contribution < -0.4 is 5.32 Å². The highest BCUT2D eigenvalue weighted by Crippen LogP contribution is 2.12. The Morgan fingerprint density at radius 2 is 2.06 bits per heavy atom. The summed E-state index contributed by atoms with van der Waals surface area (Å²) >= 11 is 0. The summed E-state index contributed by atoms with van der Waals surface area (Å²) in [5, 5.41) is 13.2. The van der Waals surface area contributed by atoms with Gasteiger partial charge < -0.3 is 15.0 Å². The zero-order chi connectivity index (χ0) is 12.0. The maximum Gasteiger partial charge on any atom is 0.0692 e. The van der Waals surface area contributed by atoms with Gasteiger partial charge in [-0.3, -0.25) is 0 Å². The third kappa shape index (κ3) is 3.65. The van der Waals surface area contributed by atoms with Gasteiger partial charge in [0, 0.05) is 32.0 Å². The number of aliphatic hydroxyl groups is 1. The number of nitrogens with one attached hydrogen (secondary N) is 1. The monoisotopic (exact) mass is 224 g/mol. The minimum absolute atomic E-state index is 0.227. The van der Waals surface area contributed by atoms with Crippen LogP contribution in [-0.4, -0.2) is 22.3 Å². The SMILES string of the molecule is CCC(CC)C(O)CNCc1cccn1C. The number of aryl methyl sites for hydroxylation is 1. The third-order valence-electron chi connectivity index (χ3n) is 3.30. The smallest absolute Gasteiger partial charge is 0.0692 e. The van der Waals surface area contributed by atoms with Crippen molar-refractivity contribution in [2.75, 3.05) is 6.54 Å². The number of rotatable bonds is 7. The molecule has 0 spiro atoms. The predicted molar refractivity (Wildman–Crippen MR) is 67.2 cm³/mol. The first-order chi connectivity index (χ1) is 7.69. The molecule has 0 bridgehead atoms. The van der Waals surface area contributed by atoms with Gasteiger partial charge in [-0.2, -0.15) is 0 Å². The van der Waals surface area contributed by atoms with Crippen LogP contribution in [0.2, 0.25) is 0 Å². The lowest BCUT2D eigenvalue weighted by Crippen LogP contribution is -2.32. The molecule has 2 N–H and O–H groups in total. The Balaban J connectivity index is 2.27. The summed E-state index contributed by atoms with van der Waals surface area (Å²) in [6.07, 6.45) is 3.90. The summed E-state index contributed by atoms with van der Waals surface area (Å²) in [5.74, 6) is 0.418. The van der Waals surface area contributed by atoms with Crippen LogP contribution in [0.1, 0.15) is 32.4 Å². The van der Waals surface area contributed by atoms with E-state index in [-0.39, 0.29) is 6.10 Å². The van der Waals surface area contributed by atoms with Crippen molar-refractivity contribution in [3.05, 3.63) is 24.0 Å². The fourth-order valence-electron chi connectivity index (χ4n) is 2.03. The zero-order valence-electron chi connectivity index (χ0n) is 10.6. The first-order valence-electron chi connectivity index (χ1n) is 6.18. The molecule has 0 aliphatic carbocycles. The molecule has 0 aliphatic rings. The topological polar surface area (TPSA) is 37.2 Å². The molecule has 1 atom stereocenters. The fraction of sp³-hybridized carbons (Fsp3) is 0.692. The highest BCUT2D eigenvalue weighted by molar-refractivity contribution is 5.05. The van der Waals surface area contributed by atoms with E-state index >= 15 is 0 Å². The zero-order valence-corrected chi connectivity index (χ0v) is 10.6. The number of aliphatic hydroxyl groups excluding tert-OH is 1. The van der Waals surface area contributed by atoms with Crippen molar-refractivity contribution in [1.29, 1.82) is 0 Å². The lowest BCUT2D eigenvalue weighted by molar-refractivity contribution is 0.101. The summed E-state index contributed by atoms with van der Waals surface area (Å²) in [6, 6.07) is 4.13. The van der Waals surface area contributed by atoms with Gasteiger partial charge in [-0.25, -0.2) is 0 Å². The average molecular weight is 224 g/mol. The average Bonchev–Trinajstić information content (AvgIpc) is 2.66. The molecule has 1 aromatic rings. The minimum Gasteiger partial charge on any atom is -0.392 e. The quantitative estimate of drug-likeness (QED) is 0.742. The van der Waals surface area contributed by atoms with Crippen molar-refractivity contribution in [3.63, 3.8) is 0 Å². The summed E-state index contributed by atoms with van der Waals surface area (Å²) in [7, 11) is 2.04. The molecule has 1 aromatic heterocycles. The van der Waals surface area contributed by atoms with Crippen LogP contribution in [0.3, 0.4) is 0 Å². The second kappa shape index (κ2) is 6.71. The van der Waals surface area contributed by atoms with Gasteiger partial charge in [-0.15, -0.1) is 0 Å². The summed E-state index contributed by atoms with van der Waals surface area (Å²) < 4.78 is 2.09. The lowest BCUT2D eigenvalue weighted by atomic mass is 9.96. The van der Waals surface area contributed by atoms with Crippen molar-refractivity contribution in [1.82, 2.24) is 9.88 Å². The largest absolute Gasteiger partial charge is 0.392 e. The molecular weight excluding hydrogens is 200 g/mol. The Morgan fingerprint density at radius 3 is 2.56 bits per heavy atom. The second-order valence-electron chi connectivity index (χ2n) is 4.39. The minimum atomic E-state index is -0.227. The summed E-state index contributed by atoms with van der Waals surface area (Å²) in [5.41, 5.74) is 1.25. The molecule has 0 radical (unpaired) electrons. The number of aromatic nitrogens is 1. The van der Waals surface area contributed by atoms with Crippen LogP contribution in [0.5, 0.6) is 0 Å². The van der Waals surface area contributed by atoms with Gasteiger partial charge >= 0.3 is 0 Å². The van der Waals surface area contributed by atoms with Crippen LogP contribution in [0.4, 0.5) is 0 Å². The molecule has 1 rings (SSSR count). The van der Waals surface area contributed by atoms with Crippen LogP contribution >= 0.6 is 0 Å². The van der Waals surface area contributed by atoms with Crippen molar-refractivity contribution in [2.45, 2.75) is 39.3 Å². The second-order valence-corrected chi connectivity index (χ2v) is 4.39. The molecule has 0 saturated heterocycles. The Bertz CT molecular complexity index is 292. The van der Waals surface area contributed by atoms with E-state index in [1.165, 1.54) is 5.69 Å². The molecule has 16 heavy (non-hydrogen) atoms. The Hall–Kier alpha value is -0.800. The fourth-order valence-corrected chi connectivity index (χ4v) is 2.03. The molecule has 1 heterocycles. The number of hydrogen-bond donors (Lipinski definition) is 2. The van der Waals surface area contributed by atoms with E-state index in [2.05, 4.69) is 29.8 Å². The molecular formula is C13H24N2O. The highest BCUT2D eigenvalue weighted by atomic mass is 16.3. The third-order valence-corrected chi connectivity index (χ3v) is 3.30. The van der Waals surface area contributed by atoms with Crippen LogP contribution in [0.15, 0.2) is 18.3 Å². The van der Waals surface area contributed by atoms with E-state index in [1.54, 1.807) is 0 Å². The van der Waals surface area contributed by atoms with Gasteiger partial charge in [0.05, 0.1) is 6.10 Å². The molecule has 3 nitrogen and oxygen atoms in total. The molecule has 92 valence electrons. The van der Waals surface area contributed by atoms with E-state index in [9.17, 15) is 5.11 Å². The maximum absolute atomic E-state index is 9.94. The van der Waals surface area contributed by atoms with Crippen molar-refractivity contribution in [2.24, 2.45) is 13.0 Å². The van der Waals surface area contributed by atoms with Crippen molar-refractivity contribution < 1.29 is 5.11 Å². The highest BCUT2D eigenvalue weighted by Gasteiger charge is 2.14. The van der Waals surface area contributed by atoms with Gasteiger partial charge in [0.2, 0.25) is 0 Å². The molecule has 0 fully saturated rings. The van der Waals surface area contributed by atoms with Gasteiger partial charge in [0.15, 0.2) is 0 Å². The molecule has 0 saturated carbocycles. The normalized spacial score (nSPS) is 13.3. The Kier molecular flexibility index (Phi) is 5.56. The molecule has 0 amide bonds. The first-order valence-corrected chi connectivity index (χ1v) is 6.18.